The molecular weight excluding hydrogens is 202 g/mol. The van der Waals surface area contributed by atoms with Crippen LogP contribution in [0.1, 0.15) is 16.1 Å². The van der Waals surface area contributed by atoms with Crippen molar-refractivity contribution in [3.8, 4) is 11.1 Å². The molecule has 2 N–H and O–H groups in total. The van der Waals surface area contributed by atoms with Crippen molar-refractivity contribution in [3.05, 3.63) is 48.0 Å². The first kappa shape index (κ1) is 10.3. The summed E-state index contributed by atoms with van der Waals surface area (Å²) in [4.78, 5) is 19.2. The fraction of sp³-hybridized carbons (Fsp3) is 0.0833. The van der Waals surface area contributed by atoms with Gasteiger partial charge in [0.05, 0.1) is 0 Å². The molecule has 2 aromatic rings. The lowest BCUT2D eigenvalue weighted by atomic mass is 10.0. The van der Waals surface area contributed by atoms with E-state index in [2.05, 4.69) is 9.97 Å². The molecule has 0 spiro atoms. The first-order valence-corrected chi connectivity index (χ1v) is 4.86. The van der Waals surface area contributed by atoms with Crippen LogP contribution in [0.5, 0.6) is 0 Å². The lowest BCUT2D eigenvalue weighted by Crippen LogP contribution is -2.15. The van der Waals surface area contributed by atoms with E-state index < -0.39 is 5.91 Å². The van der Waals surface area contributed by atoms with Gasteiger partial charge in [-0.2, -0.15) is 0 Å². The standard InChI is InChI=1S/C12H11N3O/c1-8-10(9-3-2-5-14-7-9)4-6-15-11(8)12(13)16/h2-7H,1H3,(H2,13,16). The summed E-state index contributed by atoms with van der Waals surface area (Å²) in [5.41, 5.74) is 8.21. The van der Waals surface area contributed by atoms with Crippen molar-refractivity contribution < 1.29 is 4.79 Å². The smallest absolute Gasteiger partial charge is 0.267 e. The highest BCUT2D eigenvalue weighted by atomic mass is 16.1. The zero-order valence-electron chi connectivity index (χ0n) is 8.84. The van der Waals surface area contributed by atoms with Crippen LogP contribution in [0, 0.1) is 6.92 Å². The monoisotopic (exact) mass is 213 g/mol. The van der Waals surface area contributed by atoms with Crippen molar-refractivity contribution in [3.63, 3.8) is 0 Å². The van der Waals surface area contributed by atoms with Gasteiger partial charge in [-0.3, -0.25) is 14.8 Å². The first-order chi connectivity index (χ1) is 7.70. The largest absolute Gasteiger partial charge is 0.364 e. The van der Waals surface area contributed by atoms with E-state index in [1.807, 2.05) is 25.1 Å². The van der Waals surface area contributed by atoms with Gasteiger partial charge in [-0.1, -0.05) is 6.07 Å². The summed E-state index contributed by atoms with van der Waals surface area (Å²) in [5.74, 6) is -0.511. The van der Waals surface area contributed by atoms with Gasteiger partial charge in [0, 0.05) is 24.2 Å². The molecule has 0 unspecified atom stereocenters. The predicted molar refractivity (Wildman–Crippen MR) is 60.7 cm³/mol. The molecule has 0 aliphatic carbocycles. The molecule has 0 bridgehead atoms. The second-order valence-corrected chi connectivity index (χ2v) is 3.44. The van der Waals surface area contributed by atoms with Crippen LogP contribution in [0.25, 0.3) is 11.1 Å². The summed E-state index contributed by atoms with van der Waals surface area (Å²) in [5, 5.41) is 0. The molecule has 4 nitrogen and oxygen atoms in total. The number of nitrogens with two attached hydrogens (primary N) is 1. The highest BCUT2D eigenvalue weighted by Crippen LogP contribution is 2.23. The molecule has 0 fully saturated rings. The van der Waals surface area contributed by atoms with E-state index in [4.69, 9.17) is 5.73 Å². The van der Waals surface area contributed by atoms with E-state index in [0.29, 0.717) is 5.69 Å². The Bertz CT molecular complexity index is 523. The molecule has 80 valence electrons. The van der Waals surface area contributed by atoms with Crippen molar-refractivity contribution in [2.45, 2.75) is 6.92 Å². The normalized spacial score (nSPS) is 10.1. The molecule has 0 aliphatic heterocycles. The van der Waals surface area contributed by atoms with Gasteiger partial charge in [-0.05, 0) is 30.2 Å². The number of amides is 1. The maximum absolute atomic E-state index is 11.1. The molecule has 0 aromatic carbocycles. The van der Waals surface area contributed by atoms with Crippen LogP contribution in [0.15, 0.2) is 36.8 Å². The molecule has 2 aromatic heterocycles. The highest BCUT2D eigenvalue weighted by molar-refractivity contribution is 5.94. The Kier molecular flexibility index (Phi) is 2.64. The SMILES string of the molecule is Cc1c(-c2cccnc2)ccnc1C(N)=O. The summed E-state index contributed by atoms with van der Waals surface area (Å²) < 4.78 is 0. The topological polar surface area (TPSA) is 68.9 Å². The minimum atomic E-state index is -0.511. The average molecular weight is 213 g/mol. The van der Waals surface area contributed by atoms with Gasteiger partial charge in [-0.25, -0.2) is 0 Å². The highest BCUT2D eigenvalue weighted by Gasteiger charge is 2.10. The number of aromatic nitrogens is 2. The summed E-state index contributed by atoms with van der Waals surface area (Å²) in [6.45, 7) is 1.83. The predicted octanol–water partition coefficient (Wildman–Crippen LogP) is 1.55. The van der Waals surface area contributed by atoms with Crippen LogP contribution in [0.3, 0.4) is 0 Å². The Hall–Kier alpha value is -2.23. The third-order valence-corrected chi connectivity index (χ3v) is 2.41. The van der Waals surface area contributed by atoms with Crippen LogP contribution < -0.4 is 5.73 Å². The third kappa shape index (κ3) is 1.77. The van der Waals surface area contributed by atoms with Crippen LogP contribution in [-0.2, 0) is 0 Å². The molecule has 0 saturated carbocycles. The van der Waals surface area contributed by atoms with E-state index in [9.17, 15) is 4.79 Å². The fourth-order valence-electron chi connectivity index (χ4n) is 1.62. The zero-order valence-corrected chi connectivity index (χ0v) is 8.84. The van der Waals surface area contributed by atoms with E-state index in [-0.39, 0.29) is 0 Å². The molecule has 2 heterocycles. The number of rotatable bonds is 2. The van der Waals surface area contributed by atoms with Crippen LogP contribution >= 0.6 is 0 Å². The van der Waals surface area contributed by atoms with Gasteiger partial charge < -0.3 is 5.73 Å². The fourth-order valence-corrected chi connectivity index (χ4v) is 1.62. The quantitative estimate of drug-likeness (QED) is 0.822. The Balaban J connectivity index is 2.59. The number of carbonyl (C=O) groups is 1. The first-order valence-electron chi connectivity index (χ1n) is 4.86. The van der Waals surface area contributed by atoms with Gasteiger partial charge in [0.2, 0.25) is 0 Å². The van der Waals surface area contributed by atoms with Gasteiger partial charge >= 0.3 is 0 Å². The molecule has 16 heavy (non-hydrogen) atoms. The molecular formula is C12H11N3O. The maximum Gasteiger partial charge on any atom is 0.267 e. The average Bonchev–Trinajstić information content (AvgIpc) is 2.30. The summed E-state index contributed by atoms with van der Waals surface area (Å²) in [7, 11) is 0. The number of nitrogens with zero attached hydrogens (tertiary/aromatic N) is 2. The molecule has 0 aliphatic rings. The van der Waals surface area contributed by atoms with Crippen molar-refractivity contribution >= 4 is 5.91 Å². The van der Waals surface area contributed by atoms with Gasteiger partial charge in [-0.15, -0.1) is 0 Å². The van der Waals surface area contributed by atoms with Crippen LogP contribution in [0.4, 0.5) is 0 Å². The van der Waals surface area contributed by atoms with E-state index >= 15 is 0 Å². The summed E-state index contributed by atoms with van der Waals surface area (Å²) >= 11 is 0. The van der Waals surface area contributed by atoms with Crippen molar-refractivity contribution in [2.24, 2.45) is 5.73 Å². The second kappa shape index (κ2) is 4.10. The number of carbonyl (C=O) groups excluding carboxylic acids is 1. The lowest BCUT2D eigenvalue weighted by Gasteiger charge is -2.07. The van der Waals surface area contributed by atoms with Crippen molar-refractivity contribution in [1.82, 2.24) is 9.97 Å². The molecule has 0 atom stereocenters. The minimum absolute atomic E-state index is 0.307. The molecule has 0 radical (unpaired) electrons. The number of primary amides is 1. The Morgan fingerprint density at radius 1 is 1.31 bits per heavy atom. The molecule has 4 heteroatoms. The summed E-state index contributed by atoms with van der Waals surface area (Å²) in [6.07, 6.45) is 5.03. The molecule has 1 amide bonds. The molecule has 0 saturated heterocycles. The van der Waals surface area contributed by atoms with Gasteiger partial charge in [0.15, 0.2) is 0 Å². The zero-order chi connectivity index (χ0) is 11.5. The number of pyridine rings is 2. The van der Waals surface area contributed by atoms with E-state index in [1.54, 1.807) is 18.6 Å². The Morgan fingerprint density at radius 3 is 2.75 bits per heavy atom. The Morgan fingerprint density at radius 2 is 2.12 bits per heavy atom. The third-order valence-electron chi connectivity index (χ3n) is 2.41. The second-order valence-electron chi connectivity index (χ2n) is 3.44. The maximum atomic E-state index is 11.1. The van der Waals surface area contributed by atoms with Crippen LogP contribution in [-0.4, -0.2) is 15.9 Å². The lowest BCUT2D eigenvalue weighted by molar-refractivity contribution is 0.0995. The van der Waals surface area contributed by atoms with Crippen molar-refractivity contribution in [2.75, 3.05) is 0 Å². The Labute approximate surface area is 93.2 Å². The van der Waals surface area contributed by atoms with E-state index in [1.165, 1.54) is 0 Å². The number of hydrogen-bond acceptors (Lipinski definition) is 3. The number of hydrogen-bond donors (Lipinski definition) is 1. The van der Waals surface area contributed by atoms with Gasteiger partial charge in [0.25, 0.3) is 5.91 Å². The van der Waals surface area contributed by atoms with Crippen LogP contribution in [0.2, 0.25) is 0 Å². The molecule has 2 rings (SSSR count). The summed E-state index contributed by atoms with van der Waals surface area (Å²) in [6, 6.07) is 5.62. The minimum Gasteiger partial charge on any atom is -0.364 e. The van der Waals surface area contributed by atoms with E-state index in [0.717, 1.165) is 16.7 Å². The van der Waals surface area contributed by atoms with Crippen molar-refractivity contribution in [1.29, 1.82) is 0 Å². The van der Waals surface area contributed by atoms with Gasteiger partial charge in [0.1, 0.15) is 5.69 Å².